The molecule has 36 heavy (non-hydrogen) atoms. The standard InChI is InChI=1S/C31H45NO4/c1-8-13-30-17-21(29(5,33)28(2,3)4)25(35-7)27-31(30)14-15-32(18-19-9-10-19)23(30)16-20-11-12-22(34-6)26(36-27)24(20)31/h8,11-13,19,21,23,25,27,33H,9-10,14-18H2,1-7H3/b13-8+/t21-,23+,25?,27-,29-,30+,31-/m0/s1. The molecule has 1 unspecified atom stereocenters. The van der Waals surface area contributed by atoms with E-state index in [1.165, 1.54) is 30.5 Å². The largest absolute Gasteiger partial charge is 0.493 e. The molecule has 2 saturated carbocycles. The van der Waals surface area contributed by atoms with Gasteiger partial charge in [-0.05, 0) is 75.5 Å². The molecule has 6 rings (SSSR count). The number of hydrogen-bond acceptors (Lipinski definition) is 5. The highest BCUT2D eigenvalue weighted by molar-refractivity contribution is 5.63. The summed E-state index contributed by atoms with van der Waals surface area (Å²) in [5.74, 6) is 2.51. The zero-order chi connectivity index (χ0) is 25.7. The molecule has 198 valence electrons. The zero-order valence-corrected chi connectivity index (χ0v) is 23.3. The molecule has 3 aliphatic carbocycles. The molecule has 1 N–H and O–H groups in total. The van der Waals surface area contributed by atoms with Crippen LogP contribution in [0.25, 0.3) is 0 Å². The maximum absolute atomic E-state index is 12.2. The zero-order valence-electron chi connectivity index (χ0n) is 23.3. The number of piperidine rings is 1. The van der Waals surface area contributed by atoms with Crippen molar-refractivity contribution in [1.82, 2.24) is 4.90 Å². The third-order valence-corrected chi connectivity index (χ3v) is 11.1. The molecule has 5 heteroatoms. The summed E-state index contributed by atoms with van der Waals surface area (Å²) in [7, 11) is 3.55. The predicted molar refractivity (Wildman–Crippen MR) is 142 cm³/mol. The Hall–Kier alpha value is -1.56. The number of ether oxygens (including phenoxy) is 3. The van der Waals surface area contributed by atoms with Gasteiger partial charge >= 0.3 is 0 Å². The van der Waals surface area contributed by atoms with Crippen LogP contribution in [0, 0.1) is 22.7 Å². The van der Waals surface area contributed by atoms with Crippen LogP contribution in [0.3, 0.4) is 0 Å². The lowest BCUT2D eigenvalue weighted by molar-refractivity contribution is -0.224. The number of likely N-dealkylation sites (tertiary alicyclic amines) is 1. The molecule has 1 spiro atoms. The Morgan fingerprint density at radius 2 is 1.94 bits per heavy atom. The first-order valence-corrected chi connectivity index (χ1v) is 14.1. The maximum atomic E-state index is 12.2. The van der Waals surface area contributed by atoms with Gasteiger partial charge in [-0.3, -0.25) is 4.90 Å². The summed E-state index contributed by atoms with van der Waals surface area (Å²) in [6.45, 7) is 12.9. The minimum atomic E-state index is -0.929. The second-order valence-electron chi connectivity index (χ2n) is 13.5. The Morgan fingerprint density at radius 1 is 1.19 bits per heavy atom. The van der Waals surface area contributed by atoms with Gasteiger partial charge in [-0.15, -0.1) is 0 Å². The Kier molecular flexibility index (Phi) is 5.48. The summed E-state index contributed by atoms with van der Waals surface area (Å²) in [5, 5.41) is 12.2. The van der Waals surface area contributed by atoms with Crippen molar-refractivity contribution in [2.75, 3.05) is 27.3 Å². The second-order valence-corrected chi connectivity index (χ2v) is 13.5. The summed E-state index contributed by atoms with van der Waals surface area (Å²) in [6, 6.07) is 4.77. The second kappa shape index (κ2) is 7.97. The summed E-state index contributed by atoms with van der Waals surface area (Å²) >= 11 is 0. The van der Waals surface area contributed by atoms with Gasteiger partial charge in [0.1, 0.15) is 12.2 Å². The van der Waals surface area contributed by atoms with Gasteiger partial charge < -0.3 is 19.3 Å². The molecule has 7 atom stereocenters. The van der Waals surface area contributed by atoms with E-state index >= 15 is 0 Å². The van der Waals surface area contributed by atoms with Crippen LogP contribution >= 0.6 is 0 Å². The first kappa shape index (κ1) is 24.8. The molecule has 2 aliphatic heterocycles. The normalized spacial score (nSPS) is 39.0. The molecule has 5 aliphatic rings. The van der Waals surface area contributed by atoms with E-state index in [0.717, 1.165) is 43.2 Å². The van der Waals surface area contributed by atoms with Crippen molar-refractivity contribution >= 4 is 0 Å². The molecule has 2 heterocycles. The third kappa shape index (κ3) is 3.00. The van der Waals surface area contributed by atoms with E-state index in [1.54, 1.807) is 7.11 Å². The fourth-order valence-electron chi connectivity index (χ4n) is 8.72. The van der Waals surface area contributed by atoms with Crippen molar-refractivity contribution in [2.45, 2.75) is 96.0 Å². The van der Waals surface area contributed by atoms with Crippen molar-refractivity contribution < 1.29 is 19.3 Å². The number of rotatable bonds is 6. The summed E-state index contributed by atoms with van der Waals surface area (Å²) < 4.78 is 19.3. The fourth-order valence-corrected chi connectivity index (χ4v) is 8.72. The van der Waals surface area contributed by atoms with Crippen LogP contribution in [0.1, 0.15) is 71.4 Å². The minimum absolute atomic E-state index is 0.0675. The quantitative estimate of drug-likeness (QED) is 0.555. The molecule has 1 aromatic rings. The molecule has 2 bridgehead atoms. The molecule has 0 radical (unpaired) electrons. The lowest BCUT2D eigenvalue weighted by Crippen LogP contribution is -2.76. The third-order valence-electron chi connectivity index (χ3n) is 11.1. The molecule has 1 aromatic carbocycles. The SMILES string of the molecule is C/C=C/[C@]12C[C@H]([C@](C)(O)C(C)(C)C)C(OC)[C@@H]3Oc4c(OC)ccc5c4[C@@]31CCN(CC1CC1)[C@@H]2C5. The van der Waals surface area contributed by atoms with Crippen LogP contribution in [0.5, 0.6) is 11.5 Å². The first-order chi connectivity index (χ1) is 17.1. The molecule has 3 fully saturated rings. The van der Waals surface area contributed by atoms with Crippen LogP contribution < -0.4 is 9.47 Å². The first-order valence-electron chi connectivity index (χ1n) is 14.1. The van der Waals surface area contributed by atoms with Gasteiger partial charge in [0.15, 0.2) is 11.5 Å². The number of benzene rings is 1. The Labute approximate surface area is 217 Å². The van der Waals surface area contributed by atoms with Gasteiger partial charge in [0, 0.05) is 36.6 Å². The molecule has 0 amide bonds. The van der Waals surface area contributed by atoms with Crippen LogP contribution in [0.2, 0.25) is 0 Å². The van der Waals surface area contributed by atoms with Crippen molar-refractivity contribution in [1.29, 1.82) is 0 Å². The van der Waals surface area contributed by atoms with Crippen LogP contribution in [-0.2, 0) is 16.6 Å². The smallest absolute Gasteiger partial charge is 0.165 e. The average Bonchev–Trinajstić information content (AvgIpc) is 3.57. The van der Waals surface area contributed by atoms with Crippen LogP contribution in [0.4, 0.5) is 0 Å². The number of methoxy groups -OCH3 is 2. The van der Waals surface area contributed by atoms with Crippen LogP contribution in [-0.4, -0.2) is 61.2 Å². The van der Waals surface area contributed by atoms with Gasteiger partial charge in [0.2, 0.25) is 0 Å². The highest BCUT2D eigenvalue weighted by Crippen LogP contribution is 2.72. The van der Waals surface area contributed by atoms with E-state index in [1.807, 2.05) is 14.0 Å². The predicted octanol–water partition coefficient (Wildman–Crippen LogP) is 5.13. The highest BCUT2D eigenvalue weighted by atomic mass is 16.6. The summed E-state index contributed by atoms with van der Waals surface area (Å²) in [5.41, 5.74) is 1.22. The van der Waals surface area contributed by atoms with Gasteiger partial charge in [0.05, 0.1) is 18.1 Å². The van der Waals surface area contributed by atoms with Gasteiger partial charge in [-0.2, -0.15) is 0 Å². The number of allylic oxidation sites excluding steroid dienone is 1. The van der Waals surface area contributed by atoms with E-state index in [9.17, 15) is 5.11 Å². The average molecular weight is 496 g/mol. The highest BCUT2D eigenvalue weighted by Gasteiger charge is 2.75. The van der Waals surface area contributed by atoms with Crippen molar-refractivity contribution in [2.24, 2.45) is 22.7 Å². The van der Waals surface area contributed by atoms with E-state index in [-0.39, 0.29) is 34.4 Å². The topological polar surface area (TPSA) is 51.2 Å². The van der Waals surface area contributed by atoms with Crippen molar-refractivity contribution in [3.63, 3.8) is 0 Å². The Balaban J connectivity index is 1.61. The van der Waals surface area contributed by atoms with Crippen LogP contribution in [0.15, 0.2) is 24.3 Å². The van der Waals surface area contributed by atoms with Crippen molar-refractivity contribution in [3.05, 3.63) is 35.4 Å². The van der Waals surface area contributed by atoms with E-state index in [0.29, 0.717) is 6.04 Å². The number of aliphatic hydroxyl groups is 1. The lowest BCUT2D eigenvalue weighted by Gasteiger charge is -2.68. The van der Waals surface area contributed by atoms with E-state index in [4.69, 9.17) is 14.2 Å². The van der Waals surface area contributed by atoms with Gasteiger partial charge in [-0.25, -0.2) is 0 Å². The molecule has 1 saturated heterocycles. The minimum Gasteiger partial charge on any atom is -0.493 e. The monoisotopic (exact) mass is 495 g/mol. The molecular formula is C31H45NO4. The summed E-state index contributed by atoms with van der Waals surface area (Å²) in [6.07, 6.45) is 10.1. The van der Waals surface area contributed by atoms with Gasteiger partial charge in [0.25, 0.3) is 0 Å². The Bertz CT molecular complexity index is 1070. The number of nitrogens with zero attached hydrogens (tertiary/aromatic N) is 1. The van der Waals surface area contributed by atoms with Gasteiger partial charge in [-0.1, -0.05) is 39.0 Å². The number of hydrogen-bond donors (Lipinski definition) is 1. The van der Waals surface area contributed by atoms with E-state index in [2.05, 4.69) is 56.9 Å². The fraction of sp³-hybridized carbons (Fsp3) is 0.742. The lowest BCUT2D eigenvalue weighted by atomic mass is 9.40. The summed E-state index contributed by atoms with van der Waals surface area (Å²) in [4.78, 5) is 2.81. The molecule has 0 aromatic heterocycles. The van der Waals surface area contributed by atoms with Crippen molar-refractivity contribution in [3.8, 4) is 11.5 Å². The Morgan fingerprint density at radius 3 is 2.56 bits per heavy atom. The molecular weight excluding hydrogens is 450 g/mol. The maximum Gasteiger partial charge on any atom is 0.165 e. The molecule has 5 nitrogen and oxygen atoms in total. The van der Waals surface area contributed by atoms with E-state index < -0.39 is 5.60 Å².